The zero-order valence-electron chi connectivity index (χ0n) is 11.6. The number of urea groups is 1. The van der Waals surface area contributed by atoms with E-state index in [0.717, 1.165) is 0 Å². The number of carbonyl (C=O) groups excluding carboxylic acids is 1. The molecule has 2 rings (SSSR count). The minimum atomic E-state index is -0.371. The van der Waals surface area contributed by atoms with E-state index in [1.165, 1.54) is 7.11 Å². The molecule has 2 N–H and O–H groups in total. The Morgan fingerprint density at radius 2 is 1.62 bits per heavy atom. The second-order valence-corrected chi connectivity index (χ2v) is 4.60. The van der Waals surface area contributed by atoms with Crippen LogP contribution in [0.2, 0.25) is 5.02 Å². The average molecular weight is 307 g/mol. The molecule has 0 bridgehead atoms. The summed E-state index contributed by atoms with van der Waals surface area (Å²) in [4.78, 5) is 11.9. The first-order chi connectivity index (χ1) is 10.1. The summed E-state index contributed by atoms with van der Waals surface area (Å²) in [6.45, 7) is 0. The SMILES string of the molecule is COc1ccc(NC(=O)Nc2cccc(Cl)c2)cc1OC. The van der Waals surface area contributed by atoms with Crippen LogP contribution < -0.4 is 20.1 Å². The second kappa shape index (κ2) is 6.85. The Balaban J connectivity index is 2.06. The zero-order valence-corrected chi connectivity index (χ0v) is 12.4. The monoisotopic (exact) mass is 306 g/mol. The Hall–Kier alpha value is -2.40. The standard InChI is InChI=1S/C15H15ClN2O3/c1-20-13-7-6-12(9-14(13)21-2)18-15(19)17-11-5-3-4-10(16)8-11/h3-9H,1-2H3,(H2,17,18,19). The molecule has 0 unspecified atom stereocenters. The number of hydrogen-bond acceptors (Lipinski definition) is 3. The number of nitrogens with one attached hydrogen (secondary N) is 2. The molecule has 0 aliphatic carbocycles. The van der Waals surface area contributed by atoms with Gasteiger partial charge in [-0.1, -0.05) is 17.7 Å². The van der Waals surface area contributed by atoms with E-state index in [-0.39, 0.29) is 6.03 Å². The van der Waals surface area contributed by atoms with Crippen molar-refractivity contribution in [1.29, 1.82) is 0 Å². The molecule has 0 aliphatic rings. The number of methoxy groups -OCH3 is 2. The minimum Gasteiger partial charge on any atom is -0.493 e. The van der Waals surface area contributed by atoms with E-state index in [2.05, 4.69) is 10.6 Å². The topological polar surface area (TPSA) is 59.6 Å². The third-order valence-electron chi connectivity index (χ3n) is 2.72. The van der Waals surface area contributed by atoms with E-state index in [1.807, 2.05) is 0 Å². The summed E-state index contributed by atoms with van der Waals surface area (Å²) in [6, 6.07) is 11.6. The first-order valence-corrected chi connectivity index (χ1v) is 6.56. The summed E-state index contributed by atoms with van der Waals surface area (Å²) in [5, 5.41) is 5.95. The summed E-state index contributed by atoms with van der Waals surface area (Å²) in [6.07, 6.45) is 0. The molecule has 0 fully saturated rings. The van der Waals surface area contributed by atoms with Crippen molar-refractivity contribution in [3.05, 3.63) is 47.5 Å². The number of halogens is 1. The molecule has 0 heterocycles. The van der Waals surface area contributed by atoms with Gasteiger partial charge >= 0.3 is 6.03 Å². The van der Waals surface area contributed by atoms with E-state index in [0.29, 0.717) is 27.9 Å². The molecule has 0 spiro atoms. The molecule has 0 radical (unpaired) electrons. The molecular weight excluding hydrogens is 292 g/mol. The highest BCUT2D eigenvalue weighted by Crippen LogP contribution is 2.29. The largest absolute Gasteiger partial charge is 0.493 e. The number of amides is 2. The number of hydrogen-bond donors (Lipinski definition) is 2. The van der Waals surface area contributed by atoms with Gasteiger partial charge in [0.15, 0.2) is 11.5 Å². The Bertz CT molecular complexity index is 647. The van der Waals surface area contributed by atoms with Crippen LogP contribution in [0.3, 0.4) is 0 Å². The number of ether oxygens (including phenoxy) is 2. The zero-order chi connectivity index (χ0) is 15.2. The van der Waals surface area contributed by atoms with Gasteiger partial charge in [0.1, 0.15) is 0 Å². The van der Waals surface area contributed by atoms with Crippen LogP contribution in [0.25, 0.3) is 0 Å². The van der Waals surface area contributed by atoms with Crippen LogP contribution in [0, 0.1) is 0 Å². The fourth-order valence-corrected chi connectivity index (χ4v) is 1.96. The highest BCUT2D eigenvalue weighted by Gasteiger charge is 2.07. The summed E-state index contributed by atoms with van der Waals surface area (Å²) < 4.78 is 10.3. The van der Waals surface area contributed by atoms with Gasteiger partial charge in [-0.05, 0) is 30.3 Å². The minimum absolute atomic E-state index is 0.371. The van der Waals surface area contributed by atoms with Gasteiger partial charge in [0.2, 0.25) is 0 Å². The van der Waals surface area contributed by atoms with Gasteiger partial charge < -0.3 is 20.1 Å². The second-order valence-electron chi connectivity index (χ2n) is 4.16. The highest BCUT2D eigenvalue weighted by atomic mass is 35.5. The van der Waals surface area contributed by atoms with Gasteiger partial charge in [-0.15, -0.1) is 0 Å². The molecular formula is C15H15ClN2O3. The van der Waals surface area contributed by atoms with Crippen molar-refractivity contribution in [2.75, 3.05) is 24.9 Å². The Kier molecular flexibility index (Phi) is 4.90. The summed E-state index contributed by atoms with van der Waals surface area (Å²) in [5.74, 6) is 1.14. The van der Waals surface area contributed by atoms with E-state index in [1.54, 1.807) is 49.6 Å². The lowest BCUT2D eigenvalue weighted by Crippen LogP contribution is -2.19. The van der Waals surface area contributed by atoms with Crippen molar-refractivity contribution in [3.63, 3.8) is 0 Å². The van der Waals surface area contributed by atoms with Gasteiger partial charge in [-0.2, -0.15) is 0 Å². The van der Waals surface area contributed by atoms with Gasteiger partial charge in [0.25, 0.3) is 0 Å². The number of benzene rings is 2. The predicted molar refractivity (Wildman–Crippen MR) is 83.6 cm³/mol. The molecule has 6 heteroatoms. The lowest BCUT2D eigenvalue weighted by molar-refractivity contribution is 0.262. The molecule has 2 amide bonds. The van der Waals surface area contributed by atoms with E-state index in [4.69, 9.17) is 21.1 Å². The molecule has 0 aliphatic heterocycles. The van der Waals surface area contributed by atoms with Crippen LogP contribution in [-0.4, -0.2) is 20.3 Å². The van der Waals surface area contributed by atoms with Crippen LogP contribution >= 0.6 is 11.6 Å². The predicted octanol–water partition coefficient (Wildman–Crippen LogP) is 4.00. The number of rotatable bonds is 4. The quantitative estimate of drug-likeness (QED) is 0.897. The highest BCUT2D eigenvalue weighted by molar-refractivity contribution is 6.30. The molecule has 0 saturated carbocycles. The first-order valence-electron chi connectivity index (χ1n) is 6.18. The molecule has 2 aromatic rings. The summed E-state index contributed by atoms with van der Waals surface area (Å²) in [7, 11) is 3.09. The lowest BCUT2D eigenvalue weighted by atomic mass is 10.2. The van der Waals surface area contributed by atoms with Crippen molar-refractivity contribution in [3.8, 4) is 11.5 Å². The van der Waals surface area contributed by atoms with Crippen molar-refractivity contribution in [2.24, 2.45) is 0 Å². The van der Waals surface area contributed by atoms with Gasteiger partial charge in [0, 0.05) is 22.5 Å². The molecule has 0 aromatic heterocycles. The fourth-order valence-electron chi connectivity index (χ4n) is 1.77. The van der Waals surface area contributed by atoms with Gasteiger partial charge in [-0.25, -0.2) is 4.79 Å². The van der Waals surface area contributed by atoms with Gasteiger partial charge in [0.05, 0.1) is 14.2 Å². The van der Waals surface area contributed by atoms with Crippen LogP contribution in [0.4, 0.5) is 16.2 Å². The van der Waals surface area contributed by atoms with E-state index in [9.17, 15) is 4.79 Å². The van der Waals surface area contributed by atoms with Gasteiger partial charge in [-0.3, -0.25) is 0 Å². The number of anilines is 2. The smallest absolute Gasteiger partial charge is 0.323 e. The average Bonchev–Trinajstić information content (AvgIpc) is 2.47. The Labute approximate surface area is 127 Å². The van der Waals surface area contributed by atoms with Crippen molar-refractivity contribution < 1.29 is 14.3 Å². The fraction of sp³-hybridized carbons (Fsp3) is 0.133. The van der Waals surface area contributed by atoms with E-state index < -0.39 is 0 Å². The molecule has 110 valence electrons. The maximum Gasteiger partial charge on any atom is 0.323 e. The molecule has 0 saturated heterocycles. The molecule has 2 aromatic carbocycles. The van der Waals surface area contributed by atoms with Crippen LogP contribution in [0.1, 0.15) is 0 Å². The third kappa shape index (κ3) is 4.03. The molecule has 5 nitrogen and oxygen atoms in total. The summed E-state index contributed by atoms with van der Waals surface area (Å²) >= 11 is 5.86. The Morgan fingerprint density at radius 1 is 0.952 bits per heavy atom. The maximum absolute atomic E-state index is 11.9. The number of carbonyl (C=O) groups is 1. The Morgan fingerprint density at radius 3 is 2.24 bits per heavy atom. The van der Waals surface area contributed by atoms with Crippen LogP contribution in [0.15, 0.2) is 42.5 Å². The molecule has 21 heavy (non-hydrogen) atoms. The maximum atomic E-state index is 11.9. The summed E-state index contributed by atoms with van der Waals surface area (Å²) in [5.41, 5.74) is 1.20. The van der Waals surface area contributed by atoms with Crippen LogP contribution in [0.5, 0.6) is 11.5 Å². The molecule has 0 atom stereocenters. The van der Waals surface area contributed by atoms with Crippen molar-refractivity contribution in [1.82, 2.24) is 0 Å². The van der Waals surface area contributed by atoms with Crippen molar-refractivity contribution in [2.45, 2.75) is 0 Å². The lowest BCUT2D eigenvalue weighted by Gasteiger charge is -2.11. The van der Waals surface area contributed by atoms with Crippen LogP contribution in [-0.2, 0) is 0 Å². The van der Waals surface area contributed by atoms with Crippen molar-refractivity contribution >= 4 is 29.0 Å². The third-order valence-corrected chi connectivity index (χ3v) is 2.96. The van der Waals surface area contributed by atoms with E-state index >= 15 is 0 Å². The first kappa shape index (κ1) is 15.0. The normalized spacial score (nSPS) is 9.86.